The van der Waals surface area contributed by atoms with Gasteiger partial charge in [-0.05, 0) is 48.9 Å². The van der Waals surface area contributed by atoms with E-state index in [4.69, 9.17) is 14.2 Å². The lowest BCUT2D eigenvalue weighted by Crippen LogP contribution is -2.44. The summed E-state index contributed by atoms with van der Waals surface area (Å²) in [5.41, 5.74) is 0.885. The van der Waals surface area contributed by atoms with Crippen LogP contribution in [0.1, 0.15) is 37.7 Å². The molecule has 1 aromatic heterocycles. The van der Waals surface area contributed by atoms with Crippen molar-refractivity contribution in [2.75, 3.05) is 11.7 Å². The molecule has 1 saturated carbocycles. The fourth-order valence-corrected chi connectivity index (χ4v) is 4.66. The van der Waals surface area contributed by atoms with Crippen LogP contribution in [0.3, 0.4) is 0 Å². The molecule has 28 heavy (non-hydrogen) atoms. The van der Waals surface area contributed by atoms with Crippen LogP contribution in [0, 0.1) is 5.92 Å². The van der Waals surface area contributed by atoms with Gasteiger partial charge in [-0.2, -0.15) is 0 Å². The maximum absolute atomic E-state index is 13.0. The number of anilines is 1. The highest BCUT2D eigenvalue weighted by molar-refractivity contribution is 5.80. The van der Waals surface area contributed by atoms with E-state index in [1.54, 1.807) is 18.5 Å². The molecule has 0 unspecified atom stereocenters. The van der Waals surface area contributed by atoms with Gasteiger partial charge in [0.25, 0.3) is 0 Å². The molecule has 2 aliphatic heterocycles. The van der Waals surface area contributed by atoms with Crippen LogP contribution in [-0.4, -0.2) is 34.8 Å². The molecule has 1 saturated heterocycles. The summed E-state index contributed by atoms with van der Waals surface area (Å²) in [5.74, 6) is 2.34. The van der Waals surface area contributed by atoms with Gasteiger partial charge in [-0.3, -0.25) is 0 Å². The third kappa shape index (κ3) is 3.15. The third-order valence-corrected chi connectivity index (χ3v) is 5.96. The average molecular weight is 381 g/mol. The lowest BCUT2D eigenvalue weighted by molar-refractivity contribution is -0.146. The highest BCUT2D eigenvalue weighted by Crippen LogP contribution is 2.41. The maximum atomic E-state index is 13.0. The molecule has 0 spiro atoms. The van der Waals surface area contributed by atoms with Crippen LogP contribution in [0.15, 0.2) is 36.7 Å². The van der Waals surface area contributed by atoms with E-state index in [0.29, 0.717) is 23.7 Å². The zero-order valence-electron chi connectivity index (χ0n) is 15.6. The van der Waals surface area contributed by atoms with Crippen LogP contribution in [-0.2, 0) is 16.1 Å². The van der Waals surface area contributed by atoms with Crippen LogP contribution in [0.5, 0.6) is 11.5 Å². The highest BCUT2D eigenvalue weighted by atomic mass is 16.7. The Labute approximate surface area is 163 Å². The summed E-state index contributed by atoms with van der Waals surface area (Å²) in [6.45, 7) is 0.445. The first-order chi connectivity index (χ1) is 13.8. The molecule has 1 aromatic carbocycles. The summed E-state index contributed by atoms with van der Waals surface area (Å²) < 4.78 is 16.4. The molecule has 3 atom stereocenters. The smallest absolute Gasteiger partial charge is 0.329 e. The first kappa shape index (κ1) is 17.3. The van der Waals surface area contributed by atoms with Crippen molar-refractivity contribution in [3.05, 3.63) is 42.2 Å². The van der Waals surface area contributed by atoms with Gasteiger partial charge in [0.1, 0.15) is 12.6 Å². The van der Waals surface area contributed by atoms with Crippen molar-refractivity contribution in [3.63, 3.8) is 0 Å². The number of esters is 1. The number of nitrogens with zero attached hydrogens (tertiary/aromatic N) is 3. The summed E-state index contributed by atoms with van der Waals surface area (Å²) in [7, 11) is 0. The van der Waals surface area contributed by atoms with E-state index in [2.05, 4.69) is 14.9 Å². The van der Waals surface area contributed by atoms with Crippen molar-refractivity contribution in [1.29, 1.82) is 0 Å². The van der Waals surface area contributed by atoms with Crippen molar-refractivity contribution >= 4 is 11.9 Å². The first-order valence-corrected chi connectivity index (χ1v) is 9.90. The van der Waals surface area contributed by atoms with Crippen LogP contribution >= 0.6 is 0 Å². The van der Waals surface area contributed by atoms with Gasteiger partial charge in [0.2, 0.25) is 12.7 Å². The number of hydrogen-bond acceptors (Lipinski definition) is 7. The standard InChI is InChI=1S/C21H23N3O4/c25-20(26-12-14-6-7-18-19(10-14)28-13-27-18)17-11-15-4-1-2-5-16(15)24(17)21-22-8-3-9-23-21/h3,6-10,15-17H,1-2,4-5,11-13H2/t15-,16+,17+/m1/s1. The zero-order chi connectivity index (χ0) is 18.9. The second-order valence-electron chi connectivity index (χ2n) is 7.61. The van der Waals surface area contributed by atoms with Gasteiger partial charge >= 0.3 is 5.97 Å². The number of carbonyl (C=O) groups is 1. The van der Waals surface area contributed by atoms with Gasteiger partial charge in [0, 0.05) is 18.4 Å². The Morgan fingerprint density at radius 3 is 2.86 bits per heavy atom. The molecule has 0 amide bonds. The minimum Gasteiger partial charge on any atom is -0.459 e. The summed E-state index contributed by atoms with van der Waals surface area (Å²) in [4.78, 5) is 23.9. The predicted molar refractivity (Wildman–Crippen MR) is 101 cm³/mol. The minimum absolute atomic E-state index is 0.209. The van der Waals surface area contributed by atoms with Gasteiger partial charge in [-0.1, -0.05) is 18.9 Å². The van der Waals surface area contributed by atoms with Crippen LogP contribution in [0.2, 0.25) is 0 Å². The first-order valence-electron chi connectivity index (χ1n) is 9.90. The van der Waals surface area contributed by atoms with Gasteiger partial charge in [-0.25, -0.2) is 14.8 Å². The van der Waals surface area contributed by atoms with Crippen LogP contribution in [0.25, 0.3) is 0 Å². The summed E-state index contributed by atoms with van der Waals surface area (Å²) in [5, 5.41) is 0. The monoisotopic (exact) mass is 381 g/mol. The predicted octanol–water partition coefficient (Wildman–Crippen LogP) is 3.09. The fraction of sp³-hybridized carbons (Fsp3) is 0.476. The Balaban J connectivity index is 1.32. The van der Waals surface area contributed by atoms with Crippen molar-refractivity contribution in [2.24, 2.45) is 5.92 Å². The molecular formula is C21H23N3O4. The van der Waals surface area contributed by atoms with E-state index >= 15 is 0 Å². The van der Waals surface area contributed by atoms with Crippen molar-refractivity contribution in [1.82, 2.24) is 9.97 Å². The molecule has 0 N–H and O–H groups in total. The fourth-order valence-electron chi connectivity index (χ4n) is 4.66. The van der Waals surface area contributed by atoms with Gasteiger partial charge < -0.3 is 19.1 Å². The molecule has 5 rings (SSSR count). The summed E-state index contributed by atoms with van der Waals surface area (Å²) in [6, 6.07) is 7.39. The van der Waals surface area contributed by atoms with Gasteiger partial charge in [0.15, 0.2) is 11.5 Å². The molecule has 1 aliphatic carbocycles. The Morgan fingerprint density at radius 1 is 1.14 bits per heavy atom. The zero-order valence-corrected chi connectivity index (χ0v) is 15.6. The Hall–Kier alpha value is -2.83. The molecule has 3 aliphatic rings. The SMILES string of the molecule is O=C(OCc1ccc2c(c1)OCO2)[C@@H]1C[C@H]2CCCC[C@@H]2N1c1ncccn1. The van der Waals surface area contributed by atoms with E-state index in [1.807, 2.05) is 18.2 Å². The number of benzene rings is 1. The lowest BCUT2D eigenvalue weighted by atomic mass is 9.85. The van der Waals surface area contributed by atoms with Crippen molar-refractivity contribution in [2.45, 2.75) is 50.8 Å². The number of rotatable bonds is 4. The molecule has 3 heterocycles. The summed E-state index contributed by atoms with van der Waals surface area (Å²) in [6.07, 6.45) is 8.91. The van der Waals surface area contributed by atoms with E-state index in [9.17, 15) is 4.79 Å². The second kappa shape index (κ2) is 7.30. The van der Waals surface area contributed by atoms with Crippen LogP contribution in [0.4, 0.5) is 5.95 Å². The molecule has 0 radical (unpaired) electrons. The van der Waals surface area contributed by atoms with Crippen molar-refractivity contribution < 1.29 is 19.0 Å². The highest BCUT2D eigenvalue weighted by Gasteiger charge is 2.47. The second-order valence-corrected chi connectivity index (χ2v) is 7.61. The van der Waals surface area contributed by atoms with Crippen molar-refractivity contribution in [3.8, 4) is 11.5 Å². The molecule has 0 bridgehead atoms. The maximum Gasteiger partial charge on any atom is 0.329 e. The number of fused-ring (bicyclic) bond motifs is 2. The normalized spacial score (nSPS) is 25.4. The van der Waals surface area contributed by atoms with E-state index in [-0.39, 0.29) is 25.4 Å². The molecule has 2 aromatic rings. The minimum atomic E-state index is -0.329. The largest absolute Gasteiger partial charge is 0.459 e. The number of ether oxygens (including phenoxy) is 3. The Kier molecular flexibility index (Phi) is 4.50. The van der Waals surface area contributed by atoms with Crippen LogP contribution < -0.4 is 14.4 Å². The van der Waals surface area contributed by atoms with Gasteiger partial charge in [-0.15, -0.1) is 0 Å². The number of hydrogen-bond donors (Lipinski definition) is 0. The molecule has 146 valence electrons. The lowest BCUT2D eigenvalue weighted by Gasteiger charge is -2.33. The molecular weight excluding hydrogens is 358 g/mol. The van der Waals surface area contributed by atoms with Gasteiger partial charge in [0.05, 0.1) is 0 Å². The Morgan fingerprint density at radius 2 is 1.96 bits per heavy atom. The number of carbonyl (C=O) groups excluding carboxylic acids is 1. The Bertz CT molecular complexity index is 860. The average Bonchev–Trinajstić information content (AvgIpc) is 3.36. The third-order valence-electron chi connectivity index (χ3n) is 5.96. The molecule has 7 heteroatoms. The topological polar surface area (TPSA) is 73.8 Å². The molecule has 7 nitrogen and oxygen atoms in total. The van der Waals surface area contributed by atoms with E-state index in [1.165, 1.54) is 12.8 Å². The van der Waals surface area contributed by atoms with E-state index in [0.717, 1.165) is 30.6 Å². The molecule has 2 fully saturated rings. The van der Waals surface area contributed by atoms with E-state index < -0.39 is 0 Å². The number of aromatic nitrogens is 2. The summed E-state index contributed by atoms with van der Waals surface area (Å²) >= 11 is 0. The quantitative estimate of drug-likeness (QED) is 0.754.